The number of Topliss-reactive ketones (excluding diaryl/α,β-unsaturated/α-hetero) is 2. The quantitative estimate of drug-likeness (QED) is 0.665. The summed E-state index contributed by atoms with van der Waals surface area (Å²) in [6.45, 7) is 1.65. The van der Waals surface area contributed by atoms with Crippen molar-refractivity contribution in [3.63, 3.8) is 0 Å². The number of oxazole rings is 1. The molecule has 0 bridgehead atoms. The van der Waals surface area contributed by atoms with Crippen molar-refractivity contribution < 1.29 is 14.0 Å². The molecule has 6 nitrogen and oxygen atoms in total. The Morgan fingerprint density at radius 2 is 1.81 bits per heavy atom. The van der Waals surface area contributed by atoms with E-state index in [0.717, 1.165) is 37.8 Å². The number of unbranched alkanes of at least 4 members (excludes halogenated alkanes) is 3. The third-order valence-electron chi connectivity index (χ3n) is 4.52. The van der Waals surface area contributed by atoms with Crippen LogP contribution in [0.15, 0.2) is 39.7 Å². The zero-order valence-corrected chi connectivity index (χ0v) is 15.9. The van der Waals surface area contributed by atoms with Crippen LogP contribution in [0.25, 0.3) is 11.5 Å². The molecule has 0 amide bonds. The van der Waals surface area contributed by atoms with E-state index in [1.165, 1.54) is 0 Å². The van der Waals surface area contributed by atoms with Crippen molar-refractivity contribution >= 4 is 17.3 Å². The van der Waals surface area contributed by atoms with Crippen LogP contribution >= 0.6 is 0 Å². The number of hydrogen-bond acceptors (Lipinski definition) is 6. The summed E-state index contributed by atoms with van der Waals surface area (Å²) >= 11 is 0. The van der Waals surface area contributed by atoms with Crippen LogP contribution in [0.1, 0.15) is 53.1 Å². The molecule has 0 aliphatic heterocycles. The lowest BCUT2D eigenvalue weighted by Crippen LogP contribution is -2.27. The first-order chi connectivity index (χ1) is 13.1. The van der Waals surface area contributed by atoms with Gasteiger partial charge in [-0.2, -0.15) is 0 Å². The van der Waals surface area contributed by atoms with Gasteiger partial charge >= 0.3 is 0 Å². The molecule has 2 aromatic rings. The van der Waals surface area contributed by atoms with Crippen molar-refractivity contribution in [1.82, 2.24) is 9.88 Å². The van der Waals surface area contributed by atoms with Gasteiger partial charge in [0.15, 0.2) is 5.69 Å². The minimum atomic E-state index is -0.289. The molecule has 0 unspecified atom stereocenters. The molecular formula is C21H25N3O3. The third kappa shape index (κ3) is 4.77. The van der Waals surface area contributed by atoms with E-state index >= 15 is 0 Å². The van der Waals surface area contributed by atoms with Gasteiger partial charge in [-0.1, -0.05) is 31.0 Å². The van der Waals surface area contributed by atoms with Crippen molar-refractivity contribution in [2.75, 3.05) is 27.2 Å². The summed E-state index contributed by atoms with van der Waals surface area (Å²) in [7, 11) is 4.14. The highest BCUT2D eigenvalue weighted by molar-refractivity contribution is 6.52. The average Bonchev–Trinajstić information content (AvgIpc) is 3.11. The van der Waals surface area contributed by atoms with Crippen LogP contribution in [0.3, 0.4) is 0 Å². The smallest absolute Gasteiger partial charge is 0.229 e. The van der Waals surface area contributed by atoms with Gasteiger partial charge in [0.25, 0.3) is 0 Å². The van der Waals surface area contributed by atoms with E-state index in [0.29, 0.717) is 18.1 Å². The van der Waals surface area contributed by atoms with Gasteiger partial charge < -0.3 is 9.32 Å². The Bertz CT molecular complexity index is 838. The monoisotopic (exact) mass is 367 g/mol. The van der Waals surface area contributed by atoms with E-state index in [1.807, 2.05) is 30.3 Å². The lowest BCUT2D eigenvalue weighted by molar-refractivity contribution is 0.0940. The predicted octanol–water partition coefficient (Wildman–Crippen LogP) is 3.67. The highest BCUT2D eigenvalue weighted by Gasteiger charge is 2.35. The van der Waals surface area contributed by atoms with Crippen LogP contribution < -0.4 is 0 Å². The van der Waals surface area contributed by atoms with E-state index in [9.17, 15) is 9.59 Å². The number of rotatable bonds is 8. The number of nitrogens with zero attached hydrogens (tertiary/aromatic N) is 3. The number of aliphatic imine (C=N–C) groups is 1. The maximum absolute atomic E-state index is 12.6. The molecule has 0 spiro atoms. The number of benzene rings is 1. The second-order valence-corrected chi connectivity index (χ2v) is 7.04. The molecule has 1 aliphatic rings. The molecule has 0 saturated heterocycles. The first kappa shape index (κ1) is 19.2. The van der Waals surface area contributed by atoms with E-state index in [2.05, 4.69) is 29.0 Å². The average molecular weight is 367 g/mol. The zero-order valence-electron chi connectivity index (χ0n) is 15.9. The minimum Gasteiger partial charge on any atom is -0.432 e. The Kier molecular flexibility index (Phi) is 6.29. The summed E-state index contributed by atoms with van der Waals surface area (Å²) in [6.07, 6.45) is 4.28. The molecular weight excluding hydrogens is 342 g/mol. The molecule has 0 radical (unpaired) electrons. The van der Waals surface area contributed by atoms with E-state index in [-0.39, 0.29) is 29.4 Å². The zero-order chi connectivity index (χ0) is 19.2. The van der Waals surface area contributed by atoms with E-state index < -0.39 is 0 Å². The Labute approximate surface area is 159 Å². The molecule has 0 saturated carbocycles. The van der Waals surface area contributed by atoms with Gasteiger partial charge in [0.2, 0.25) is 23.2 Å². The molecule has 1 aromatic heterocycles. The minimum absolute atomic E-state index is 0.00408. The SMILES string of the molecule is CN(C)CCCCCCN=C1CC(=O)c2oc(-c3ccccc3)nc2C1=O. The topological polar surface area (TPSA) is 75.8 Å². The van der Waals surface area contributed by atoms with Crippen LogP contribution in [-0.2, 0) is 0 Å². The summed E-state index contributed by atoms with van der Waals surface area (Å²) in [5.41, 5.74) is 1.13. The molecule has 1 aromatic carbocycles. The van der Waals surface area contributed by atoms with Crippen LogP contribution in [0.5, 0.6) is 0 Å². The highest BCUT2D eigenvalue weighted by Crippen LogP contribution is 2.26. The number of fused-ring (bicyclic) bond motifs is 1. The van der Waals surface area contributed by atoms with Gasteiger partial charge in [-0.05, 0) is 45.6 Å². The van der Waals surface area contributed by atoms with Crippen molar-refractivity contribution in [1.29, 1.82) is 0 Å². The number of aromatic nitrogens is 1. The van der Waals surface area contributed by atoms with Crippen LogP contribution in [0.2, 0.25) is 0 Å². The fourth-order valence-corrected chi connectivity index (χ4v) is 3.05. The number of ketones is 2. The van der Waals surface area contributed by atoms with Crippen molar-refractivity contribution in [3.8, 4) is 11.5 Å². The lowest BCUT2D eigenvalue weighted by atomic mass is 9.97. The van der Waals surface area contributed by atoms with Crippen molar-refractivity contribution in [2.24, 2.45) is 4.99 Å². The fraction of sp³-hybridized carbons (Fsp3) is 0.429. The molecule has 0 N–H and O–H groups in total. The van der Waals surface area contributed by atoms with E-state index in [1.54, 1.807) is 0 Å². The predicted molar refractivity (Wildman–Crippen MR) is 105 cm³/mol. The molecule has 6 heteroatoms. The van der Waals surface area contributed by atoms with Crippen LogP contribution in [-0.4, -0.2) is 54.3 Å². The second kappa shape index (κ2) is 8.86. The maximum atomic E-state index is 12.6. The van der Waals surface area contributed by atoms with Crippen LogP contribution in [0.4, 0.5) is 0 Å². The number of carbonyl (C=O) groups is 2. The molecule has 1 aliphatic carbocycles. The van der Waals surface area contributed by atoms with Crippen molar-refractivity contribution in [2.45, 2.75) is 32.1 Å². The lowest BCUT2D eigenvalue weighted by Gasteiger charge is -2.10. The summed E-state index contributed by atoms with van der Waals surface area (Å²) in [6, 6.07) is 9.25. The normalized spacial score (nSPS) is 15.6. The first-order valence-electron chi connectivity index (χ1n) is 9.38. The maximum Gasteiger partial charge on any atom is 0.229 e. The second-order valence-electron chi connectivity index (χ2n) is 7.04. The van der Waals surface area contributed by atoms with Gasteiger partial charge in [0.1, 0.15) is 0 Å². The van der Waals surface area contributed by atoms with Gasteiger partial charge in [-0.3, -0.25) is 14.6 Å². The Balaban J connectivity index is 1.62. The molecule has 1 heterocycles. The standard InChI is InChI=1S/C21H25N3O3/c1-24(2)13-9-4-3-8-12-22-16-14-17(25)20-18(19(16)26)23-21(27-20)15-10-6-5-7-11-15/h5-7,10-11H,3-4,8-9,12-14H2,1-2H3. The van der Waals surface area contributed by atoms with Gasteiger partial charge in [-0.25, -0.2) is 4.98 Å². The summed E-state index contributed by atoms with van der Waals surface area (Å²) in [5.74, 6) is -0.168. The van der Waals surface area contributed by atoms with E-state index in [4.69, 9.17) is 4.42 Å². The summed E-state index contributed by atoms with van der Waals surface area (Å²) < 4.78 is 5.57. The Morgan fingerprint density at radius 3 is 2.56 bits per heavy atom. The Hall–Kier alpha value is -2.60. The fourth-order valence-electron chi connectivity index (χ4n) is 3.05. The van der Waals surface area contributed by atoms with Gasteiger partial charge in [-0.15, -0.1) is 0 Å². The molecule has 0 fully saturated rings. The van der Waals surface area contributed by atoms with Gasteiger partial charge in [0, 0.05) is 12.1 Å². The number of carbonyl (C=O) groups excluding carboxylic acids is 2. The van der Waals surface area contributed by atoms with Crippen molar-refractivity contribution in [3.05, 3.63) is 41.8 Å². The molecule has 3 rings (SSSR count). The molecule has 27 heavy (non-hydrogen) atoms. The summed E-state index contributed by atoms with van der Waals surface area (Å²) in [5, 5.41) is 0. The summed E-state index contributed by atoms with van der Waals surface area (Å²) in [4.78, 5) is 35.8. The molecule has 0 atom stereocenters. The molecule has 142 valence electrons. The highest BCUT2D eigenvalue weighted by atomic mass is 16.4. The van der Waals surface area contributed by atoms with Gasteiger partial charge in [0.05, 0.1) is 12.1 Å². The largest absolute Gasteiger partial charge is 0.432 e. The third-order valence-corrected chi connectivity index (χ3v) is 4.52. The first-order valence-corrected chi connectivity index (χ1v) is 9.38. The number of hydrogen-bond donors (Lipinski definition) is 0. The van der Waals surface area contributed by atoms with Crippen LogP contribution in [0, 0.1) is 0 Å². The Morgan fingerprint density at radius 1 is 1.07 bits per heavy atom.